The zero-order valence-corrected chi connectivity index (χ0v) is 13.7. The predicted octanol–water partition coefficient (Wildman–Crippen LogP) is 2.37. The number of hydrogen-bond acceptors (Lipinski definition) is 5. The van der Waals surface area contributed by atoms with Gasteiger partial charge in [0.2, 0.25) is 5.95 Å². The monoisotopic (exact) mass is 292 g/mol. The molecule has 1 aliphatic rings. The summed E-state index contributed by atoms with van der Waals surface area (Å²) in [6.07, 6.45) is 6.47. The van der Waals surface area contributed by atoms with E-state index >= 15 is 0 Å². The van der Waals surface area contributed by atoms with Crippen molar-refractivity contribution in [3.05, 3.63) is 18.0 Å². The molecule has 1 aromatic heterocycles. The highest BCUT2D eigenvalue weighted by molar-refractivity contribution is 5.30. The molecule has 0 spiro atoms. The van der Waals surface area contributed by atoms with Gasteiger partial charge in [-0.1, -0.05) is 0 Å². The zero-order chi connectivity index (χ0) is 15.3. The molecule has 0 aliphatic carbocycles. The third-order valence-electron chi connectivity index (χ3n) is 3.63. The summed E-state index contributed by atoms with van der Waals surface area (Å²) in [7, 11) is 0. The maximum absolute atomic E-state index is 5.70. The van der Waals surface area contributed by atoms with Gasteiger partial charge in [-0.15, -0.1) is 0 Å². The number of nitrogens with one attached hydrogen (secondary N) is 1. The van der Waals surface area contributed by atoms with Crippen LogP contribution in [0.15, 0.2) is 12.4 Å². The Labute approximate surface area is 128 Å². The summed E-state index contributed by atoms with van der Waals surface area (Å²) < 4.78 is 5.70. The minimum absolute atomic E-state index is 0.105. The first kappa shape index (κ1) is 16.2. The molecule has 1 unspecified atom stereocenters. The van der Waals surface area contributed by atoms with E-state index in [0.29, 0.717) is 6.10 Å². The number of ether oxygens (including phenoxy) is 1. The topological polar surface area (TPSA) is 50.3 Å². The molecule has 0 aromatic carbocycles. The summed E-state index contributed by atoms with van der Waals surface area (Å²) >= 11 is 0. The highest BCUT2D eigenvalue weighted by Gasteiger charge is 2.20. The van der Waals surface area contributed by atoms with Crippen molar-refractivity contribution >= 4 is 5.95 Å². The second kappa shape index (κ2) is 7.18. The first-order valence-corrected chi connectivity index (χ1v) is 7.90. The summed E-state index contributed by atoms with van der Waals surface area (Å²) in [5.74, 6) is 0.799. The van der Waals surface area contributed by atoms with Gasteiger partial charge in [0, 0.05) is 49.7 Å². The summed E-state index contributed by atoms with van der Waals surface area (Å²) in [5, 5.41) is 3.45. The van der Waals surface area contributed by atoms with Crippen LogP contribution in [0, 0.1) is 0 Å². The highest BCUT2D eigenvalue weighted by atomic mass is 16.5. The normalized spacial score (nSPS) is 19.0. The Bertz CT molecular complexity index is 421. The zero-order valence-electron chi connectivity index (χ0n) is 13.7. The maximum atomic E-state index is 5.70. The number of aromatic nitrogens is 2. The van der Waals surface area contributed by atoms with Crippen LogP contribution in [0.2, 0.25) is 0 Å². The molecule has 5 nitrogen and oxygen atoms in total. The lowest BCUT2D eigenvalue weighted by Crippen LogP contribution is -2.35. The number of rotatable bonds is 6. The number of hydrogen-bond donors (Lipinski definition) is 1. The Morgan fingerprint density at radius 1 is 1.33 bits per heavy atom. The van der Waals surface area contributed by atoms with Gasteiger partial charge in [-0.2, -0.15) is 0 Å². The van der Waals surface area contributed by atoms with Crippen molar-refractivity contribution in [3.8, 4) is 0 Å². The SMILES string of the molecule is CCN(CC1CCCO1)c1ncc(CNC(C)(C)C)cn1. The fraction of sp³-hybridized carbons (Fsp3) is 0.750. The highest BCUT2D eigenvalue weighted by Crippen LogP contribution is 2.16. The van der Waals surface area contributed by atoms with Crippen molar-refractivity contribution < 1.29 is 4.74 Å². The first-order chi connectivity index (χ1) is 9.98. The molecule has 2 rings (SSSR count). The van der Waals surface area contributed by atoms with Crippen LogP contribution in [0.4, 0.5) is 5.95 Å². The third kappa shape index (κ3) is 5.25. The molecule has 0 radical (unpaired) electrons. The molecule has 118 valence electrons. The van der Waals surface area contributed by atoms with Crippen LogP contribution in [0.5, 0.6) is 0 Å². The van der Waals surface area contributed by atoms with E-state index in [1.165, 1.54) is 6.42 Å². The van der Waals surface area contributed by atoms with E-state index in [-0.39, 0.29) is 5.54 Å². The van der Waals surface area contributed by atoms with E-state index in [4.69, 9.17) is 4.74 Å². The molecule has 1 fully saturated rings. The minimum atomic E-state index is 0.105. The molecule has 1 atom stereocenters. The van der Waals surface area contributed by atoms with Gasteiger partial charge in [0.25, 0.3) is 0 Å². The summed E-state index contributed by atoms with van der Waals surface area (Å²) in [4.78, 5) is 11.2. The van der Waals surface area contributed by atoms with Crippen molar-refractivity contribution in [1.82, 2.24) is 15.3 Å². The minimum Gasteiger partial charge on any atom is -0.376 e. The average Bonchev–Trinajstić information content (AvgIpc) is 2.95. The molecule has 1 aromatic rings. The van der Waals surface area contributed by atoms with Crippen molar-refractivity contribution in [2.75, 3.05) is 24.6 Å². The van der Waals surface area contributed by atoms with Crippen LogP contribution in [0.1, 0.15) is 46.1 Å². The summed E-state index contributed by atoms with van der Waals surface area (Å²) in [6, 6.07) is 0. The Balaban J connectivity index is 1.92. The van der Waals surface area contributed by atoms with Crippen LogP contribution < -0.4 is 10.2 Å². The van der Waals surface area contributed by atoms with E-state index in [0.717, 1.165) is 44.2 Å². The van der Waals surface area contributed by atoms with Gasteiger partial charge in [-0.05, 0) is 40.5 Å². The Morgan fingerprint density at radius 3 is 2.57 bits per heavy atom. The van der Waals surface area contributed by atoms with E-state index in [1.807, 2.05) is 12.4 Å². The number of anilines is 1. The average molecular weight is 292 g/mol. The van der Waals surface area contributed by atoms with Gasteiger partial charge in [-0.3, -0.25) is 0 Å². The van der Waals surface area contributed by atoms with Crippen LogP contribution in [0.3, 0.4) is 0 Å². The Morgan fingerprint density at radius 2 is 2.05 bits per heavy atom. The fourth-order valence-electron chi connectivity index (χ4n) is 2.36. The first-order valence-electron chi connectivity index (χ1n) is 7.90. The summed E-state index contributed by atoms with van der Waals surface area (Å²) in [6.45, 7) is 12.1. The molecule has 1 saturated heterocycles. The van der Waals surface area contributed by atoms with Crippen molar-refractivity contribution in [2.45, 2.75) is 58.7 Å². The Kier molecular flexibility index (Phi) is 5.53. The second-order valence-electron chi connectivity index (χ2n) is 6.67. The molecule has 1 N–H and O–H groups in total. The van der Waals surface area contributed by atoms with Gasteiger partial charge >= 0.3 is 0 Å². The van der Waals surface area contributed by atoms with Gasteiger partial charge in [0.15, 0.2) is 0 Å². The van der Waals surface area contributed by atoms with Crippen LogP contribution in [-0.4, -0.2) is 41.3 Å². The lowest BCUT2D eigenvalue weighted by molar-refractivity contribution is 0.115. The standard InChI is InChI=1S/C16H28N4O/c1-5-20(12-14-7-6-8-21-14)15-17-9-13(10-18-15)11-19-16(2,3)4/h9-10,14,19H,5-8,11-12H2,1-4H3. The van der Waals surface area contributed by atoms with E-state index in [9.17, 15) is 0 Å². The van der Waals surface area contributed by atoms with Crippen LogP contribution >= 0.6 is 0 Å². The molecule has 2 heterocycles. The molecule has 0 amide bonds. The largest absolute Gasteiger partial charge is 0.376 e. The van der Waals surface area contributed by atoms with Gasteiger partial charge in [0.05, 0.1) is 6.10 Å². The van der Waals surface area contributed by atoms with Crippen molar-refractivity contribution in [3.63, 3.8) is 0 Å². The molecular weight excluding hydrogens is 264 g/mol. The molecule has 5 heteroatoms. The number of likely N-dealkylation sites (N-methyl/N-ethyl adjacent to an activating group) is 1. The smallest absolute Gasteiger partial charge is 0.225 e. The van der Waals surface area contributed by atoms with E-state index in [2.05, 4.69) is 47.9 Å². The molecule has 0 saturated carbocycles. The maximum Gasteiger partial charge on any atom is 0.225 e. The third-order valence-corrected chi connectivity index (χ3v) is 3.63. The fourth-order valence-corrected chi connectivity index (χ4v) is 2.36. The molecule has 21 heavy (non-hydrogen) atoms. The van der Waals surface area contributed by atoms with Crippen molar-refractivity contribution in [1.29, 1.82) is 0 Å². The quantitative estimate of drug-likeness (QED) is 0.872. The molecule has 0 bridgehead atoms. The predicted molar refractivity (Wildman–Crippen MR) is 85.5 cm³/mol. The van der Waals surface area contributed by atoms with E-state index < -0.39 is 0 Å². The lowest BCUT2D eigenvalue weighted by atomic mass is 10.1. The van der Waals surface area contributed by atoms with Crippen LogP contribution in [-0.2, 0) is 11.3 Å². The van der Waals surface area contributed by atoms with Gasteiger partial charge in [-0.25, -0.2) is 9.97 Å². The number of nitrogens with zero attached hydrogens (tertiary/aromatic N) is 3. The van der Waals surface area contributed by atoms with Crippen molar-refractivity contribution in [2.24, 2.45) is 0 Å². The van der Waals surface area contributed by atoms with E-state index in [1.54, 1.807) is 0 Å². The lowest BCUT2D eigenvalue weighted by Gasteiger charge is -2.24. The second-order valence-corrected chi connectivity index (χ2v) is 6.67. The van der Waals surface area contributed by atoms with Gasteiger partial charge in [0.1, 0.15) is 0 Å². The summed E-state index contributed by atoms with van der Waals surface area (Å²) in [5.41, 5.74) is 1.22. The van der Waals surface area contributed by atoms with Crippen LogP contribution in [0.25, 0.3) is 0 Å². The van der Waals surface area contributed by atoms with Gasteiger partial charge < -0.3 is 15.0 Å². The molecular formula is C16H28N4O. The Hall–Kier alpha value is -1.20. The molecule has 1 aliphatic heterocycles.